The number of ether oxygens (including phenoxy) is 1. The summed E-state index contributed by atoms with van der Waals surface area (Å²) in [6.07, 6.45) is -6.28. The number of amides is 1. The summed E-state index contributed by atoms with van der Waals surface area (Å²) in [6, 6.07) is 13.9. The van der Waals surface area contributed by atoms with Crippen molar-refractivity contribution in [3.8, 4) is 5.75 Å². The Labute approximate surface area is 216 Å². The van der Waals surface area contributed by atoms with Gasteiger partial charge in [-0.1, -0.05) is 24.3 Å². The molecule has 1 aliphatic heterocycles. The minimum atomic E-state index is -4.43. The summed E-state index contributed by atoms with van der Waals surface area (Å²) in [7, 11) is -4.23. The smallest absolute Gasteiger partial charge is 0.416 e. The second-order valence-corrected chi connectivity index (χ2v) is 10.6. The van der Waals surface area contributed by atoms with E-state index in [0.29, 0.717) is 16.9 Å². The molecule has 1 amide bonds. The van der Waals surface area contributed by atoms with E-state index in [2.05, 4.69) is 5.32 Å². The third-order valence-corrected chi connectivity index (χ3v) is 7.87. The first-order valence-electron chi connectivity index (χ1n) is 11.5. The number of sulfonamides is 1. The number of benzene rings is 3. The van der Waals surface area contributed by atoms with Gasteiger partial charge in [-0.25, -0.2) is 17.2 Å². The zero-order valence-corrected chi connectivity index (χ0v) is 20.6. The zero-order valence-electron chi connectivity index (χ0n) is 19.8. The van der Waals surface area contributed by atoms with E-state index in [0.717, 1.165) is 40.7 Å². The Morgan fingerprint density at radius 3 is 2.34 bits per heavy atom. The summed E-state index contributed by atoms with van der Waals surface area (Å²) in [5.74, 6) is -0.914. The molecule has 4 rings (SSSR count). The zero-order chi connectivity index (χ0) is 27.5. The number of nitrogens with one attached hydrogen (secondary N) is 1. The van der Waals surface area contributed by atoms with Crippen molar-refractivity contribution in [3.63, 3.8) is 0 Å². The minimum Gasteiger partial charge on any atom is -0.489 e. The monoisotopic (exact) mass is 554 g/mol. The van der Waals surface area contributed by atoms with Crippen molar-refractivity contribution in [3.05, 3.63) is 95.3 Å². The van der Waals surface area contributed by atoms with E-state index < -0.39 is 52.2 Å². The maximum atomic E-state index is 14.2. The largest absolute Gasteiger partial charge is 0.489 e. The second-order valence-electron chi connectivity index (χ2n) is 8.73. The molecule has 1 saturated heterocycles. The Morgan fingerprint density at radius 1 is 1.00 bits per heavy atom. The summed E-state index contributed by atoms with van der Waals surface area (Å²) < 4.78 is 97.9. The van der Waals surface area contributed by atoms with E-state index in [1.165, 1.54) is 12.1 Å². The molecule has 1 N–H and O–H groups in total. The maximum absolute atomic E-state index is 14.2. The average Bonchev–Trinajstić information content (AvgIpc) is 3.29. The number of carbonyl (C=O) groups is 1. The molecule has 0 spiro atoms. The van der Waals surface area contributed by atoms with Crippen molar-refractivity contribution in [2.24, 2.45) is 0 Å². The predicted octanol–water partition coefficient (Wildman–Crippen LogP) is 4.84. The first-order chi connectivity index (χ1) is 17.9. The van der Waals surface area contributed by atoms with Crippen LogP contribution in [0.4, 0.5) is 22.0 Å². The number of hydrogen-bond donors (Lipinski definition) is 1. The number of hydrogen-bond acceptors (Lipinski definition) is 4. The van der Waals surface area contributed by atoms with Crippen LogP contribution in [0, 0.1) is 5.82 Å². The van der Waals surface area contributed by atoms with Gasteiger partial charge in [-0.3, -0.25) is 4.79 Å². The van der Waals surface area contributed by atoms with Gasteiger partial charge in [0, 0.05) is 19.5 Å². The van der Waals surface area contributed by atoms with Crippen LogP contribution in [0.15, 0.2) is 77.7 Å². The average molecular weight is 555 g/mol. The lowest BCUT2D eigenvalue weighted by Gasteiger charge is -2.23. The van der Waals surface area contributed by atoms with Gasteiger partial charge in [0.15, 0.2) is 0 Å². The molecule has 0 aromatic heterocycles. The maximum Gasteiger partial charge on any atom is 0.416 e. The highest BCUT2D eigenvalue weighted by Crippen LogP contribution is 2.30. The van der Waals surface area contributed by atoms with Crippen molar-refractivity contribution in [2.45, 2.75) is 42.9 Å². The van der Waals surface area contributed by atoms with Crippen molar-refractivity contribution >= 4 is 15.9 Å². The SMILES string of the molecule is O=C(NCc1cccc(OCc2ccc(C(F)(F)F)cc2)c1)C1CC(F)CN1S(=O)(=O)c1ccc(F)cc1. The Hall–Kier alpha value is -3.51. The fraction of sp³-hybridized carbons (Fsp3) is 0.269. The molecule has 3 aromatic rings. The van der Waals surface area contributed by atoms with E-state index in [1.54, 1.807) is 24.3 Å². The molecular formula is C26H23F5N2O4S. The molecular weight excluding hydrogens is 531 g/mol. The van der Waals surface area contributed by atoms with Gasteiger partial charge in [0.05, 0.1) is 10.5 Å². The number of nitrogens with zero attached hydrogens (tertiary/aromatic N) is 1. The number of alkyl halides is 4. The first kappa shape index (κ1) is 27.5. The minimum absolute atomic E-state index is 0.00575. The third kappa shape index (κ3) is 6.48. The van der Waals surface area contributed by atoms with Crippen LogP contribution in [0.2, 0.25) is 0 Å². The van der Waals surface area contributed by atoms with Crippen LogP contribution in [-0.2, 0) is 34.1 Å². The van der Waals surface area contributed by atoms with Crippen LogP contribution in [0.5, 0.6) is 5.75 Å². The van der Waals surface area contributed by atoms with Gasteiger partial charge in [-0.15, -0.1) is 0 Å². The lowest BCUT2D eigenvalue weighted by molar-refractivity contribution is -0.137. The second kappa shape index (κ2) is 11.1. The Bertz CT molecular complexity index is 1380. The topological polar surface area (TPSA) is 75.7 Å². The highest BCUT2D eigenvalue weighted by atomic mass is 32.2. The van der Waals surface area contributed by atoms with Gasteiger partial charge in [-0.05, 0) is 59.7 Å². The molecule has 0 radical (unpaired) electrons. The Morgan fingerprint density at radius 2 is 1.68 bits per heavy atom. The highest BCUT2D eigenvalue weighted by Gasteiger charge is 2.44. The van der Waals surface area contributed by atoms with Crippen molar-refractivity contribution in [1.29, 1.82) is 0 Å². The Kier molecular flexibility index (Phi) is 8.02. The highest BCUT2D eigenvalue weighted by molar-refractivity contribution is 7.89. The Balaban J connectivity index is 1.37. The quantitative estimate of drug-likeness (QED) is 0.405. The van der Waals surface area contributed by atoms with Crippen LogP contribution in [0.3, 0.4) is 0 Å². The van der Waals surface area contributed by atoms with Crippen LogP contribution >= 0.6 is 0 Å². The molecule has 12 heteroatoms. The molecule has 0 bridgehead atoms. The lowest BCUT2D eigenvalue weighted by atomic mass is 10.1. The number of rotatable bonds is 8. The van der Waals surface area contributed by atoms with Crippen LogP contribution in [0.25, 0.3) is 0 Å². The summed E-state index contributed by atoms with van der Waals surface area (Å²) in [5.41, 5.74) is 0.372. The van der Waals surface area contributed by atoms with E-state index >= 15 is 0 Å². The molecule has 1 heterocycles. The van der Waals surface area contributed by atoms with Crippen molar-refractivity contribution < 1.29 is 39.9 Å². The molecule has 202 valence electrons. The van der Waals surface area contributed by atoms with Gasteiger partial charge in [0.25, 0.3) is 0 Å². The summed E-state index contributed by atoms with van der Waals surface area (Å²) in [5, 5.41) is 2.61. The van der Waals surface area contributed by atoms with Crippen molar-refractivity contribution in [2.75, 3.05) is 6.54 Å². The molecule has 3 aromatic carbocycles. The predicted molar refractivity (Wildman–Crippen MR) is 128 cm³/mol. The fourth-order valence-corrected chi connectivity index (χ4v) is 5.64. The summed E-state index contributed by atoms with van der Waals surface area (Å²) in [4.78, 5) is 12.6. The molecule has 38 heavy (non-hydrogen) atoms. The van der Waals surface area contributed by atoms with E-state index in [4.69, 9.17) is 4.74 Å². The number of carbonyl (C=O) groups excluding carboxylic acids is 1. The molecule has 2 unspecified atom stereocenters. The van der Waals surface area contributed by atoms with E-state index in [-0.39, 0.29) is 24.5 Å². The van der Waals surface area contributed by atoms with Gasteiger partial charge < -0.3 is 10.1 Å². The third-order valence-electron chi connectivity index (χ3n) is 5.98. The molecule has 0 aliphatic carbocycles. The molecule has 1 fully saturated rings. The van der Waals surface area contributed by atoms with Gasteiger partial charge >= 0.3 is 6.18 Å². The van der Waals surface area contributed by atoms with Gasteiger partial charge in [0.1, 0.15) is 30.4 Å². The fourth-order valence-electron chi connectivity index (χ4n) is 4.01. The first-order valence-corrected chi connectivity index (χ1v) is 12.9. The van der Waals surface area contributed by atoms with Gasteiger partial charge in [-0.2, -0.15) is 17.5 Å². The molecule has 0 saturated carbocycles. The molecule has 2 atom stereocenters. The van der Waals surface area contributed by atoms with E-state index in [1.807, 2.05) is 0 Å². The van der Waals surface area contributed by atoms with Crippen LogP contribution < -0.4 is 10.1 Å². The van der Waals surface area contributed by atoms with Gasteiger partial charge in [0.2, 0.25) is 15.9 Å². The molecule has 1 aliphatic rings. The lowest BCUT2D eigenvalue weighted by Crippen LogP contribution is -2.45. The van der Waals surface area contributed by atoms with Crippen LogP contribution in [0.1, 0.15) is 23.1 Å². The number of halogens is 5. The standard InChI is InChI=1S/C26H23F5N2O4S/c27-20-8-10-23(11-9-20)38(35,36)33-15-21(28)13-24(33)25(34)32-14-18-2-1-3-22(12-18)37-16-17-4-6-19(7-5-17)26(29,30)31/h1-12,21,24H,13-16H2,(H,32,34). The normalized spacial score (nSPS) is 18.3. The van der Waals surface area contributed by atoms with Crippen molar-refractivity contribution in [1.82, 2.24) is 9.62 Å². The molecule has 6 nitrogen and oxygen atoms in total. The summed E-state index contributed by atoms with van der Waals surface area (Å²) in [6.45, 7) is -0.483. The van der Waals surface area contributed by atoms with E-state index in [9.17, 15) is 35.2 Å². The van der Waals surface area contributed by atoms with Crippen LogP contribution in [-0.4, -0.2) is 37.4 Å². The summed E-state index contributed by atoms with van der Waals surface area (Å²) >= 11 is 0.